The molecule has 0 saturated carbocycles. The third-order valence-corrected chi connectivity index (χ3v) is 10.6. The fraction of sp³-hybridized carbons (Fsp3) is 0.696. The number of aliphatic imine (C=N–C) groups is 1. The molecule has 3 fully saturated rings. The van der Waals surface area contributed by atoms with Crippen molar-refractivity contribution in [3.8, 4) is 0 Å². The average Bonchev–Trinajstić information content (AvgIpc) is 3.50. The standard InChI is InChI=1S/C23H35N7O3S2/c1-35(31,32)30-7-5-28(6-8-30)15-16-13-20-21(34-16)23(29-9-11-33-12-10-29)26-22(25-20)17-3-2-4-19-18(17)14-24-27-19/h2-4,16,20-22,24-25,27H,5-15H2,1H3. The number of rotatable bonds is 4. The van der Waals surface area contributed by atoms with Crippen LogP contribution in [0.2, 0.25) is 0 Å². The van der Waals surface area contributed by atoms with Crippen molar-refractivity contribution in [3.05, 3.63) is 29.3 Å². The van der Waals surface area contributed by atoms with Crippen LogP contribution < -0.4 is 16.2 Å². The first-order valence-electron chi connectivity index (χ1n) is 12.6. The number of amidine groups is 1. The summed E-state index contributed by atoms with van der Waals surface area (Å²) in [5.74, 6) is 1.22. The number of ether oxygens (including phenoxy) is 1. The summed E-state index contributed by atoms with van der Waals surface area (Å²) in [5.41, 5.74) is 10.2. The Kier molecular flexibility index (Phi) is 6.71. The number of morpholine rings is 1. The Hall–Kier alpha value is -1.41. The van der Waals surface area contributed by atoms with Gasteiger partial charge in [0.2, 0.25) is 10.0 Å². The third kappa shape index (κ3) is 4.94. The SMILES string of the molecule is CS(=O)(=O)N1CCN(CC2CC3NC(c4cccc5c4CNN5)N=C(N4CCOCC4)C3S2)CC1. The first kappa shape index (κ1) is 24.0. The number of sulfonamides is 1. The quantitative estimate of drug-likeness (QED) is 0.515. The molecule has 0 bridgehead atoms. The molecule has 3 N–H and O–H groups in total. The number of hydrazine groups is 1. The molecular weight excluding hydrogens is 486 g/mol. The molecule has 5 heterocycles. The van der Waals surface area contributed by atoms with Gasteiger partial charge in [-0.3, -0.25) is 10.2 Å². The van der Waals surface area contributed by atoms with Gasteiger partial charge in [-0.15, -0.1) is 11.8 Å². The lowest BCUT2D eigenvalue weighted by molar-refractivity contribution is 0.0662. The van der Waals surface area contributed by atoms with E-state index in [1.807, 2.05) is 11.8 Å². The van der Waals surface area contributed by atoms with E-state index in [4.69, 9.17) is 9.73 Å². The third-order valence-electron chi connectivity index (χ3n) is 7.70. The zero-order valence-electron chi connectivity index (χ0n) is 20.1. The van der Waals surface area contributed by atoms with E-state index < -0.39 is 10.0 Å². The van der Waals surface area contributed by atoms with Crippen LogP contribution >= 0.6 is 11.8 Å². The highest BCUT2D eigenvalue weighted by molar-refractivity contribution is 8.01. The van der Waals surface area contributed by atoms with Crippen molar-refractivity contribution in [2.24, 2.45) is 4.99 Å². The minimum Gasteiger partial charge on any atom is -0.378 e. The fourth-order valence-electron chi connectivity index (χ4n) is 5.87. The molecule has 0 spiro atoms. The summed E-state index contributed by atoms with van der Waals surface area (Å²) in [6.45, 7) is 7.86. The Morgan fingerprint density at radius 2 is 1.94 bits per heavy atom. The van der Waals surface area contributed by atoms with Crippen molar-refractivity contribution in [1.82, 2.24) is 24.8 Å². The van der Waals surface area contributed by atoms with Crippen LogP contribution in [0.3, 0.4) is 0 Å². The number of nitrogens with one attached hydrogen (secondary N) is 3. The van der Waals surface area contributed by atoms with Crippen molar-refractivity contribution in [2.75, 3.05) is 70.7 Å². The van der Waals surface area contributed by atoms with Gasteiger partial charge in [0, 0.05) is 63.6 Å². The Morgan fingerprint density at radius 1 is 1.14 bits per heavy atom. The summed E-state index contributed by atoms with van der Waals surface area (Å²) in [5, 5.41) is 4.73. The van der Waals surface area contributed by atoms with Crippen molar-refractivity contribution in [3.63, 3.8) is 0 Å². The van der Waals surface area contributed by atoms with E-state index in [1.54, 1.807) is 4.31 Å². The molecule has 4 unspecified atom stereocenters. The Balaban J connectivity index is 1.19. The molecule has 5 aliphatic heterocycles. The number of nitrogens with zero attached hydrogens (tertiary/aromatic N) is 4. The van der Waals surface area contributed by atoms with E-state index in [2.05, 4.69) is 44.2 Å². The summed E-state index contributed by atoms with van der Waals surface area (Å²) >= 11 is 2.05. The molecule has 0 radical (unpaired) electrons. The van der Waals surface area contributed by atoms with E-state index in [1.165, 1.54) is 23.2 Å². The van der Waals surface area contributed by atoms with Crippen LogP contribution in [-0.2, 0) is 21.3 Å². The van der Waals surface area contributed by atoms with Crippen LogP contribution in [0.1, 0.15) is 23.7 Å². The van der Waals surface area contributed by atoms with Crippen LogP contribution in [-0.4, -0.2) is 110 Å². The predicted octanol–water partition coefficient (Wildman–Crippen LogP) is 0.269. The fourth-order valence-corrected chi connectivity index (χ4v) is 8.44. The maximum Gasteiger partial charge on any atom is 0.211 e. The second-order valence-electron chi connectivity index (χ2n) is 9.99. The summed E-state index contributed by atoms with van der Waals surface area (Å²) in [6, 6.07) is 6.78. The van der Waals surface area contributed by atoms with E-state index in [0.717, 1.165) is 64.6 Å². The zero-order chi connectivity index (χ0) is 24.0. The van der Waals surface area contributed by atoms with E-state index >= 15 is 0 Å². The lowest BCUT2D eigenvalue weighted by Crippen LogP contribution is -2.54. The second kappa shape index (κ2) is 9.81. The van der Waals surface area contributed by atoms with Crippen molar-refractivity contribution in [1.29, 1.82) is 0 Å². The number of piperazine rings is 1. The van der Waals surface area contributed by atoms with E-state index in [0.29, 0.717) is 29.6 Å². The molecule has 5 aliphatic rings. The molecule has 0 amide bonds. The van der Waals surface area contributed by atoms with Gasteiger partial charge in [-0.05, 0) is 23.6 Å². The summed E-state index contributed by atoms with van der Waals surface area (Å²) in [6.07, 6.45) is 2.35. The second-order valence-corrected chi connectivity index (χ2v) is 13.4. The Labute approximate surface area is 211 Å². The van der Waals surface area contributed by atoms with Crippen LogP contribution in [0.25, 0.3) is 0 Å². The molecular formula is C23H35N7O3S2. The highest BCUT2D eigenvalue weighted by Gasteiger charge is 2.45. The maximum absolute atomic E-state index is 11.9. The maximum atomic E-state index is 11.9. The number of fused-ring (bicyclic) bond motifs is 2. The average molecular weight is 522 g/mol. The van der Waals surface area contributed by atoms with Gasteiger partial charge in [-0.1, -0.05) is 12.1 Å². The van der Waals surface area contributed by atoms with E-state index in [-0.39, 0.29) is 6.17 Å². The summed E-state index contributed by atoms with van der Waals surface area (Å²) in [4.78, 5) is 10.2. The molecule has 4 atom stereocenters. The van der Waals surface area contributed by atoms with Crippen molar-refractivity contribution in [2.45, 2.75) is 35.7 Å². The first-order valence-corrected chi connectivity index (χ1v) is 15.3. The van der Waals surface area contributed by atoms with Gasteiger partial charge in [0.15, 0.2) is 0 Å². The smallest absolute Gasteiger partial charge is 0.211 e. The topological polar surface area (TPSA) is 102 Å². The minimum atomic E-state index is -3.10. The van der Waals surface area contributed by atoms with Crippen molar-refractivity contribution >= 4 is 33.3 Å². The Morgan fingerprint density at radius 3 is 2.71 bits per heavy atom. The predicted molar refractivity (Wildman–Crippen MR) is 139 cm³/mol. The lowest BCUT2D eigenvalue weighted by atomic mass is 9.98. The number of hydrogen-bond donors (Lipinski definition) is 3. The van der Waals surface area contributed by atoms with E-state index in [9.17, 15) is 8.42 Å². The van der Waals surface area contributed by atoms with Crippen LogP contribution in [0.4, 0.5) is 5.69 Å². The largest absolute Gasteiger partial charge is 0.378 e. The number of benzene rings is 1. The molecule has 6 rings (SSSR count). The molecule has 0 aliphatic carbocycles. The number of hydrogen-bond acceptors (Lipinski definition) is 10. The molecule has 192 valence electrons. The number of anilines is 1. The minimum absolute atomic E-state index is 0.0524. The normalized spacial score (nSPS) is 32.1. The molecule has 1 aromatic carbocycles. The number of thioether (sulfide) groups is 1. The van der Waals surface area contributed by atoms with Gasteiger partial charge in [0.25, 0.3) is 0 Å². The Bertz CT molecular complexity index is 1070. The monoisotopic (exact) mass is 521 g/mol. The van der Waals surface area contributed by atoms with Crippen LogP contribution in [0.15, 0.2) is 23.2 Å². The van der Waals surface area contributed by atoms with Gasteiger partial charge in [-0.25, -0.2) is 18.8 Å². The molecule has 12 heteroatoms. The zero-order valence-corrected chi connectivity index (χ0v) is 21.8. The highest BCUT2D eigenvalue weighted by atomic mass is 32.2. The van der Waals surface area contributed by atoms with Gasteiger partial charge in [0.05, 0.1) is 30.4 Å². The van der Waals surface area contributed by atoms with Crippen molar-refractivity contribution < 1.29 is 13.2 Å². The summed E-state index contributed by atoms with van der Waals surface area (Å²) < 4.78 is 31.0. The van der Waals surface area contributed by atoms with Gasteiger partial charge in [-0.2, -0.15) is 4.31 Å². The van der Waals surface area contributed by atoms with Crippen LogP contribution in [0.5, 0.6) is 0 Å². The molecule has 1 aromatic rings. The summed E-state index contributed by atoms with van der Waals surface area (Å²) in [7, 11) is -3.10. The van der Waals surface area contributed by atoms with Gasteiger partial charge < -0.3 is 15.1 Å². The molecule has 0 aromatic heterocycles. The van der Waals surface area contributed by atoms with Crippen LogP contribution in [0, 0.1) is 0 Å². The molecule has 35 heavy (non-hydrogen) atoms. The molecule has 3 saturated heterocycles. The lowest BCUT2D eigenvalue weighted by Gasteiger charge is -2.39. The van der Waals surface area contributed by atoms with Gasteiger partial charge >= 0.3 is 0 Å². The highest BCUT2D eigenvalue weighted by Crippen LogP contribution is 2.41. The molecule has 10 nitrogen and oxygen atoms in total. The van der Waals surface area contributed by atoms with Gasteiger partial charge in [0.1, 0.15) is 12.0 Å². The first-order chi connectivity index (χ1) is 17.0.